The van der Waals surface area contributed by atoms with Crippen molar-refractivity contribution >= 4 is 17.3 Å². The number of hydrogen-bond acceptors (Lipinski definition) is 5. The van der Waals surface area contributed by atoms with Crippen LogP contribution in [0.4, 0.5) is 24.5 Å². The van der Waals surface area contributed by atoms with Gasteiger partial charge in [-0.3, -0.25) is 4.79 Å². The van der Waals surface area contributed by atoms with Crippen molar-refractivity contribution in [2.24, 2.45) is 0 Å². The summed E-state index contributed by atoms with van der Waals surface area (Å²) >= 11 is 0. The highest BCUT2D eigenvalue weighted by Crippen LogP contribution is 2.34. The Morgan fingerprint density at radius 1 is 1.00 bits per heavy atom. The minimum atomic E-state index is -4.78. The molecule has 3 N–H and O–H groups in total. The van der Waals surface area contributed by atoms with E-state index in [4.69, 9.17) is 5.26 Å². The highest BCUT2D eigenvalue weighted by molar-refractivity contribution is 5.97. The fraction of sp³-hybridized carbons (Fsp3) is 0.160. The van der Waals surface area contributed by atoms with Crippen molar-refractivity contribution in [3.63, 3.8) is 0 Å². The summed E-state index contributed by atoms with van der Waals surface area (Å²) in [5.41, 5.74) is -1.51. The largest absolute Gasteiger partial charge is 0.417 e. The molecule has 1 unspecified atom stereocenters. The maximum Gasteiger partial charge on any atom is 0.417 e. The van der Waals surface area contributed by atoms with Gasteiger partial charge in [0.15, 0.2) is 5.60 Å². The van der Waals surface area contributed by atoms with Crippen LogP contribution in [0, 0.1) is 22.7 Å². The van der Waals surface area contributed by atoms with Gasteiger partial charge in [-0.15, -0.1) is 0 Å². The quantitative estimate of drug-likeness (QED) is 0.480. The lowest BCUT2D eigenvalue weighted by atomic mass is 10.00. The number of nitrogens with zero attached hydrogens (tertiary/aromatic N) is 2. The van der Waals surface area contributed by atoms with Crippen molar-refractivity contribution < 1.29 is 23.1 Å². The highest BCUT2D eigenvalue weighted by Gasteiger charge is 2.35. The van der Waals surface area contributed by atoms with Gasteiger partial charge in [0, 0.05) is 16.9 Å². The lowest BCUT2D eigenvalue weighted by molar-refractivity contribution is -0.137. The van der Waals surface area contributed by atoms with Crippen LogP contribution in [0.25, 0.3) is 11.1 Å². The fourth-order valence-corrected chi connectivity index (χ4v) is 3.19. The fourth-order valence-electron chi connectivity index (χ4n) is 3.19. The van der Waals surface area contributed by atoms with Crippen molar-refractivity contribution in [3.8, 4) is 23.3 Å². The second-order valence-corrected chi connectivity index (χ2v) is 7.69. The lowest BCUT2D eigenvalue weighted by Gasteiger charge is -2.24. The average molecular weight is 464 g/mol. The normalized spacial score (nSPS) is 12.7. The van der Waals surface area contributed by atoms with Crippen LogP contribution >= 0.6 is 0 Å². The third-order valence-electron chi connectivity index (χ3n) is 5.05. The zero-order chi connectivity index (χ0) is 24.9. The van der Waals surface area contributed by atoms with Crippen LogP contribution in [0.2, 0.25) is 0 Å². The molecular weight excluding hydrogens is 445 g/mol. The SMILES string of the molecule is CC(O)(CNc1ccc(C#N)cc1-c1ccccc1)C(=O)Nc1ccc(C#N)c(C(F)(F)F)c1. The number of benzene rings is 3. The van der Waals surface area contributed by atoms with E-state index in [-0.39, 0.29) is 12.2 Å². The average Bonchev–Trinajstić information content (AvgIpc) is 2.82. The molecule has 0 aromatic heterocycles. The van der Waals surface area contributed by atoms with Crippen LogP contribution < -0.4 is 10.6 Å². The Bertz CT molecular complexity index is 1290. The van der Waals surface area contributed by atoms with Gasteiger partial charge in [0.25, 0.3) is 5.91 Å². The molecule has 0 radical (unpaired) electrons. The molecule has 0 bridgehead atoms. The number of amides is 1. The van der Waals surface area contributed by atoms with Crippen molar-refractivity contribution in [1.82, 2.24) is 0 Å². The van der Waals surface area contributed by atoms with Crippen LogP contribution in [0.5, 0.6) is 0 Å². The molecule has 3 aromatic rings. The van der Waals surface area contributed by atoms with Gasteiger partial charge in [-0.25, -0.2) is 0 Å². The van der Waals surface area contributed by atoms with E-state index in [1.54, 1.807) is 18.2 Å². The molecule has 0 heterocycles. The summed E-state index contributed by atoms with van der Waals surface area (Å²) in [6, 6.07) is 20.4. The number of nitriles is 2. The molecule has 0 spiro atoms. The number of carbonyl (C=O) groups excluding carboxylic acids is 1. The minimum Gasteiger partial charge on any atom is -0.381 e. The van der Waals surface area contributed by atoms with Gasteiger partial charge in [-0.1, -0.05) is 30.3 Å². The number of aliphatic hydroxyl groups is 1. The summed E-state index contributed by atoms with van der Waals surface area (Å²) < 4.78 is 39.6. The van der Waals surface area contributed by atoms with Crippen molar-refractivity contribution in [2.45, 2.75) is 18.7 Å². The molecule has 3 aromatic carbocycles. The van der Waals surface area contributed by atoms with Crippen molar-refractivity contribution in [3.05, 3.63) is 83.4 Å². The van der Waals surface area contributed by atoms with Gasteiger partial charge < -0.3 is 15.7 Å². The summed E-state index contributed by atoms with van der Waals surface area (Å²) in [6.45, 7) is 0.947. The predicted octanol–water partition coefficient (Wildman–Crippen LogP) is 4.92. The molecule has 0 saturated carbocycles. The number of halogens is 3. The van der Waals surface area contributed by atoms with Gasteiger partial charge in [-0.05, 0) is 48.9 Å². The Morgan fingerprint density at radius 2 is 1.71 bits per heavy atom. The molecule has 0 aliphatic heterocycles. The molecule has 1 atom stereocenters. The number of alkyl halides is 3. The molecule has 0 aliphatic carbocycles. The maximum absolute atomic E-state index is 13.2. The topological polar surface area (TPSA) is 109 Å². The monoisotopic (exact) mass is 464 g/mol. The summed E-state index contributed by atoms with van der Waals surface area (Å²) in [5.74, 6) is -0.937. The van der Waals surface area contributed by atoms with E-state index in [1.807, 2.05) is 30.3 Å². The molecule has 0 fully saturated rings. The Balaban J connectivity index is 1.80. The standard InChI is InChI=1S/C25H19F3N4O2/c1-24(34,23(33)32-19-9-8-18(14-30)21(12-19)25(26,27)28)15-31-22-10-7-16(13-29)11-20(22)17-5-3-2-4-6-17/h2-12,31,34H,15H2,1H3,(H,32,33). The van der Waals surface area contributed by atoms with Gasteiger partial charge in [0.1, 0.15) is 0 Å². The van der Waals surface area contributed by atoms with Gasteiger partial charge >= 0.3 is 6.18 Å². The van der Waals surface area contributed by atoms with Crippen LogP contribution in [0.1, 0.15) is 23.6 Å². The zero-order valence-corrected chi connectivity index (χ0v) is 17.9. The molecule has 1 amide bonds. The van der Waals surface area contributed by atoms with E-state index in [0.717, 1.165) is 17.7 Å². The number of anilines is 2. The Hall–Kier alpha value is -4.34. The first-order valence-corrected chi connectivity index (χ1v) is 10.0. The zero-order valence-electron chi connectivity index (χ0n) is 17.9. The predicted molar refractivity (Wildman–Crippen MR) is 120 cm³/mol. The smallest absolute Gasteiger partial charge is 0.381 e. The number of carbonyl (C=O) groups is 1. The Labute approximate surface area is 193 Å². The lowest BCUT2D eigenvalue weighted by Crippen LogP contribution is -2.45. The maximum atomic E-state index is 13.2. The number of nitrogens with one attached hydrogen (secondary N) is 2. The second kappa shape index (κ2) is 9.65. The van der Waals surface area contributed by atoms with E-state index >= 15 is 0 Å². The highest BCUT2D eigenvalue weighted by atomic mass is 19.4. The molecule has 34 heavy (non-hydrogen) atoms. The van der Waals surface area contributed by atoms with E-state index in [2.05, 4.69) is 16.7 Å². The summed E-state index contributed by atoms with van der Waals surface area (Å²) in [4.78, 5) is 12.6. The second-order valence-electron chi connectivity index (χ2n) is 7.69. The number of hydrogen-bond donors (Lipinski definition) is 3. The van der Waals surface area contributed by atoms with Gasteiger partial charge in [-0.2, -0.15) is 23.7 Å². The van der Waals surface area contributed by atoms with Crippen LogP contribution in [-0.2, 0) is 11.0 Å². The van der Waals surface area contributed by atoms with Crippen molar-refractivity contribution in [1.29, 1.82) is 10.5 Å². The summed E-state index contributed by atoms with van der Waals surface area (Å²) in [7, 11) is 0. The van der Waals surface area contributed by atoms with Crippen LogP contribution in [-0.4, -0.2) is 23.2 Å². The summed E-state index contributed by atoms with van der Waals surface area (Å²) in [5, 5.41) is 34.1. The molecule has 0 aliphatic rings. The molecule has 9 heteroatoms. The first-order valence-electron chi connectivity index (χ1n) is 10.0. The third-order valence-corrected chi connectivity index (χ3v) is 5.05. The van der Waals surface area contributed by atoms with Gasteiger partial charge in [0.05, 0.1) is 35.4 Å². The molecule has 0 saturated heterocycles. The van der Waals surface area contributed by atoms with Crippen molar-refractivity contribution in [2.75, 3.05) is 17.2 Å². The van der Waals surface area contributed by atoms with E-state index in [9.17, 15) is 28.3 Å². The minimum absolute atomic E-state index is 0.208. The van der Waals surface area contributed by atoms with Crippen LogP contribution in [0.15, 0.2) is 66.7 Å². The van der Waals surface area contributed by atoms with Gasteiger partial charge in [0.2, 0.25) is 0 Å². The van der Waals surface area contributed by atoms with E-state index < -0.39 is 28.8 Å². The summed E-state index contributed by atoms with van der Waals surface area (Å²) in [6.07, 6.45) is -4.78. The molecule has 3 rings (SSSR count). The van der Waals surface area contributed by atoms with E-state index in [1.165, 1.54) is 13.0 Å². The Kier molecular flexibility index (Phi) is 6.90. The third kappa shape index (κ3) is 5.52. The molecular formula is C25H19F3N4O2. The molecule has 6 nitrogen and oxygen atoms in total. The first kappa shape index (κ1) is 24.3. The molecule has 172 valence electrons. The van der Waals surface area contributed by atoms with E-state index in [0.29, 0.717) is 22.9 Å². The van der Waals surface area contributed by atoms with Crippen LogP contribution in [0.3, 0.4) is 0 Å². The number of rotatable bonds is 6. The first-order chi connectivity index (χ1) is 16.0. The Morgan fingerprint density at radius 3 is 2.32 bits per heavy atom.